The van der Waals surface area contributed by atoms with Crippen LogP contribution in [0.25, 0.3) is 0 Å². The van der Waals surface area contributed by atoms with Crippen molar-refractivity contribution in [2.24, 2.45) is 5.14 Å². The molecule has 0 bridgehead atoms. The summed E-state index contributed by atoms with van der Waals surface area (Å²) in [5, 5.41) is 4.97. The van der Waals surface area contributed by atoms with Gasteiger partial charge in [-0.3, -0.25) is 4.79 Å². The Morgan fingerprint density at radius 3 is 2.81 bits per heavy atom. The summed E-state index contributed by atoms with van der Waals surface area (Å²) in [4.78, 5) is 16.7. The number of ether oxygens (including phenoxy) is 1. The summed E-state index contributed by atoms with van der Waals surface area (Å²) in [5.74, 6) is -0.606. The molecular weight excluding hydrogens is 320 g/mol. The van der Waals surface area contributed by atoms with E-state index in [1.165, 1.54) is 12.1 Å². The standard InChI is InChI=1S/C12H15ClN2O5S/c13-9-5-4-8(7-10(9)21(14,17)18)12(16)15-20-11-3-1-2-6-19-11/h4-5,7,11H,1-3,6H2,(H,15,16)(H2,14,17,18). The number of carbonyl (C=O) groups excluding carboxylic acids is 1. The summed E-state index contributed by atoms with van der Waals surface area (Å²) in [5.41, 5.74) is 2.29. The second kappa shape index (κ2) is 6.71. The molecule has 1 aliphatic rings. The molecule has 1 saturated heterocycles. The molecule has 9 heteroatoms. The van der Waals surface area contributed by atoms with Crippen LogP contribution in [0.5, 0.6) is 0 Å². The highest BCUT2D eigenvalue weighted by Gasteiger charge is 2.19. The number of primary sulfonamides is 1. The van der Waals surface area contributed by atoms with E-state index in [0.29, 0.717) is 13.0 Å². The van der Waals surface area contributed by atoms with Crippen molar-refractivity contribution in [3.63, 3.8) is 0 Å². The van der Waals surface area contributed by atoms with Crippen molar-refractivity contribution < 1.29 is 22.8 Å². The minimum Gasteiger partial charge on any atom is -0.350 e. The normalized spacial score (nSPS) is 19.2. The lowest BCUT2D eigenvalue weighted by Crippen LogP contribution is -2.33. The van der Waals surface area contributed by atoms with Crippen LogP contribution >= 0.6 is 11.6 Å². The van der Waals surface area contributed by atoms with Crippen LogP contribution in [0, 0.1) is 0 Å². The molecule has 1 aliphatic heterocycles. The molecule has 1 heterocycles. The molecule has 1 unspecified atom stereocenters. The molecule has 116 valence electrons. The predicted octanol–water partition coefficient (Wildman–Crippen LogP) is 1.18. The van der Waals surface area contributed by atoms with Gasteiger partial charge in [0.05, 0.1) is 5.02 Å². The molecule has 21 heavy (non-hydrogen) atoms. The van der Waals surface area contributed by atoms with Crippen molar-refractivity contribution in [1.82, 2.24) is 5.48 Å². The van der Waals surface area contributed by atoms with Crippen molar-refractivity contribution in [3.8, 4) is 0 Å². The smallest absolute Gasteiger partial charge is 0.274 e. The summed E-state index contributed by atoms with van der Waals surface area (Å²) in [6.07, 6.45) is 2.11. The lowest BCUT2D eigenvalue weighted by molar-refractivity contribution is -0.186. The molecule has 3 N–H and O–H groups in total. The van der Waals surface area contributed by atoms with Gasteiger partial charge in [0, 0.05) is 18.6 Å². The van der Waals surface area contributed by atoms with Gasteiger partial charge in [-0.05, 0) is 31.0 Å². The quantitative estimate of drug-likeness (QED) is 0.804. The number of carbonyl (C=O) groups is 1. The van der Waals surface area contributed by atoms with E-state index in [-0.39, 0.29) is 15.5 Å². The highest BCUT2D eigenvalue weighted by atomic mass is 35.5. The molecular formula is C12H15ClN2O5S. The van der Waals surface area contributed by atoms with E-state index in [2.05, 4.69) is 5.48 Å². The Bertz CT molecular complexity index is 629. The van der Waals surface area contributed by atoms with Gasteiger partial charge in [0.1, 0.15) is 4.90 Å². The fraction of sp³-hybridized carbons (Fsp3) is 0.417. The monoisotopic (exact) mass is 334 g/mol. The molecule has 2 rings (SSSR count). The first-order chi connectivity index (χ1) is 9.88. The predicted molar refractivity (Wildman–Crippen MR) is 75.0 cm³/mol. The summed E-state index contributed by atoms with van der Waals surface area (Å²) in [6, 6.07) is 3.75. The van der Waals surface area contributed by atoms with Crippen LogP contribution in [-0.2, 0) is 19.6 Å². The van der Waals surface area contributed by atoms with Gasteiger partial charge in [0.15, 0.2) is 6.29 Å². The van der Waals surface area contributed by atoms with E-state index in [1.54, 1.807) is 0 Å². The molecule has 1 atom stereocenters. The molecule has 1 aromatic rings. The average Bonchev–Trinajstić information content (AvgIpc) is 2.45. The number of nitrogens with one attached hydrogen (secondary N) is 1. The third-order valence-corrected chi connectivity index (χ3v) is 4.31. The molecule has 7 nitrogen and oxygen atoms in total. The van der Waals surface area contributed by atoms with E-state index >= 15 is 0 Å². The molecule has 1 aromatic carbocycles. The molecule has 0 aliphatic carbocycles. The molecule has 1 fully saturated rings. The Morgan fingerprint density at radius 1 is 1.43 bits per heavy atom. The first-order valence-corrected chi connectivity index (χ1v) is 8.20. The van der Waals surface area contributed by atoms with E-state index < -0.39 is 22.2 Å². The Hall–Kier alpha value is -1.19. The van der Waals surface area contributed by atoms with Gasteiger partial charge in [-0.25, -0.2) is 23.9 Å². The van der Waals surface area contributed by atoms with Gasteiger partial charge in [0.2, 0.25) is 10.0 Å². The van der Waals surface area contributed by atoms with Gasteiger partial charge in [-0.15, -0.1) is 0 Å². The van der Waals surface area contributed by atoms with E-state index in [0.717, 1.165) is 18.9 Å². The first-order valence-electron chi connectivity index (χ1n) is 6.28. The Balaban J connectivity index is 2.05. The molecule has 0 aromatic heterocycles. The van der Waals surface area contributed by atoms with Crippen molar-refractivity contribution >= 4 is 27.5 Å². The highest BCUT2D eigenvalue weighted by Crippen LogP contribution is 2.21. The van der Waals surface area contributed by atoms with Gasteiger partial charge >= 0.3 is 0 Å². The summed E-state index contributed by atoms with van der Waals surface area (Å²) in [7, 11) is -4.00. The number of benzene rings is 1. The third kappa shape index (κ3) is 4.39. The maximum Gasteiger partial charge on any atom is 0.274 e. The van der Waals surface area contributed by atoms with E-state index in [1.807, 2.05) is 0 Å². The van der Waals surface area contributed by atoms with Crippen LogP contribution < -0.4 is 10.6 Å². The topological polar surface area (TPSA) is 108 Å². The minimum absolute atomic E-state index is 0.0504. The van der Waals surface area contributed by atoms with Gasteiger partial charge in [-0.2, -0.15) is 0 Å². The SMILES string of the molecule is NS(=O)(=O)c1cc(C(=O)NOC2CCCCO2)ccc1Cl. The maximum absolute atomic E-state index is 11.9. The van der Waals surface area contributed by atoms with Gasteiger partial charge in [-0.1, -0.05) is 11.6 Å². The molecule has 1 amide bonds. The van der Waals surface area contributed by atoms with Crippen LogP contribution in [0.1, 0.15) is 29.6 Å². The lowest BCUT2D eigenvalue weighted by Gasteiger charge is -2.22. The number of hydroxylamine groups is 1. The second-order valence-corrected chi connectivity index (χ2v) is 6.47. The second-order valence-electron chi connectivity index (χ2n) is 4.54. The van der Waals surface area contributed by atoms with Crippen molar-refractivity contribution in [2.75, 3.05) is 6.61 Å². The minimum atomic E-state index is -4.00. The Labute approximate surface area is 127 Å². The van der Waals surface area contributed by atoms with E-state index in [4.69, 9.17) is 26.3 Å². The summed E-state index contributed by atoms with van der Waals surface area (Å²) < 4.78 is 28.0. The first kappa shape index (κ1) is 16.2. The average molecular weight is 335 g/mol. The van der Waals surface area contributed by atoms with Crippen LogP contribution in [0.2, 0.25) is 5.02 Å². The van der Waals surface area contributed by atoms with Crippen LogP contribution in [0.3, 0.4) is 0 Å². The van der Waals surface area contributed by atoms with Gasteiger partial charge < -0.3 is 4.74 Å². The fourth-order valence-corrected chi connectivity index (χ4v) is 2.92. The maximum atomic E-state index is 11.9. The van der Waals surface area contributed by atoms with Crippen molar-refractivity contribution in [3.05, 3.63) is 28.8 Å². The zero-order chi connectivity index (χ0) is 15.5. The van der Waals surface area contributed by atoms with Crippen LogP contribution in [0.4, 0.5) is 0 Å². The number of amides is 1. The van der Waals surface area contributed by atoms with Crippen molar-refractivity contribution in [2.45, 2.75) is 30.4 Å². The lowest BCUT2D eigenvalue weighted by atomic mass is 10.2. The number of sulfonamides is 1. The number of nitrogens with two attached hydrogens (primary N) is 1. The highest BCUT2D eigenvalue weighted by molar-refractivity contribution is 7.89. The zero-order valence-electron chi connectivity index (χ0n) is 11.0. The van der Waals surface area contributed by atoms with E-state index in [9.17, 15) is 13.2 Å². The van der Waals surface area contributed by atoms with Gasteiger partial charge in [0.25, 0.3) is 5.91 Å². The number of rotatable bonds is 4. The summed E-state index contributed by atoms with van der Waals surface area (Å²) in [6.45, 7) is 0.580. The number of halogens is 1. The zero-order valence-corrected chi connectivity index (χ0v) is 12.6. The Morgan fingerprint density at radius 2 is 2.19 bits per heavy atom. The molecule has 0 radical (unpaired) electrons. The summed E-state index contributed by atoms with van der Waals surface area (Å²) >= 11 is 5.74. The van der Waals surface area contributed by atoms with Crippen LogP contribution in [-0.4, -0.2) is 27.2 Å². The molecule has 0 spiro atoms. The number of hydrogen-bond donors (Lipinski definition) is 2. The van der Waals surface area contributed by atoms with Crippen molar-refractivity contribution in [1.29, 1.82) is 0 Å². The third-order valence-electron chi connectivity index (χ3n) is 2.92. The molecule has 0 saturated carbocycles. The number of hydrogen-bond acceptors (Lipinski definition) is 5. The Kier molecular flexibility index (Phi) is 5.17. The fourth-order valence-electron chi connectivity index (χ4n) is 1.84. The largest absolute Gasteiger partial charge is 0.350 e. The van der Waals surface area contributed by atoms with Crippen LogP contribution in [0.15, 0.2) is 23.1 Å².